The van der Waals surface area contributed by atoms with Crippen molar-refractivity contribution >= 4 is 17.7 Å². The third-order valence-corrected chi connectivity index (χ3v) is 5.31. The first kappa shape index (κ1) is 17.7. The van der Waals surface area contributed by atoms with Crippen molar-refractivity contribution in [1.82, 2.24) is 15.3 Å². The van der Waals surface area contributed by atoms with Crippen molar-refractivity contribution in [3.05, 3.63) is 56.5 Å². The number of nitrogens with one attached hydrogen (secondary N) is 2. The number of aromatic amines is 1. The molecule has 0 saturated carbocycles. The van der Waals surface area contributed by atoms with Crippen molar-refractivity contribution in [2.45, 2.75) is 50.7 Å². The van der Waals surface area contributed by atoms with Crippen LogP contribution in [0.3, 0.4) is 0 Å². The van der Waals surface area contributed by atoms with Crippen LogP contribution < -0.4 is 10.9 Å². The van der Waals surface area contributed by atoms with Gasteiger partial charge in [0, 0.05) is 11.3 Å². The molecule has 0 saturated heterocycles. The van der Waals surface area contributed by atoms with Crippen molar-refractivity contribution in [2.75, 3.05) is 6.26 Å². The molecular weight excluding hydrogens is 334 g/mol. The van der Waals surface area contributed by atoms with Crippen molar-refractivity contribution < 1.29 is 4.79 Å². The number of H-pyrrole nitrogens is 1. The summed E-state index contributed by atoms with van der Waals surface area (Å²) >= 11 is 1.38. The van der Waals surface area contributed by atoms with Crippen molar-refractivity contribution in [1.29, 1.82) is 0 Å². The molecule has 2 aromatic rings. The molecule has 25 heavy (non-hydrogen) atoms. The fourth-order valence-corrected chi connectivity index (χ4v) is 3.71. The molecule has 1 heterocycles. The summed E-state index contributed by atoms with van der Waals surface area (Å²) in [6, 6.07) is 6.36. The van der Waals surface area contributed by atoms with Crippen molar-refractivity contribution in [3.8, 4) is 0 Å². The van der Waals surface area contributed by atoms with Crippen LogP contribution in [0, 0.1) is 6.92 Å². The number of fused-ring (bicyclic) bond motifs is 1. The Morgan fingerprint density at radius 3 is 2.84 bits per heavy atom. The van der Waals surface area contributed by atoms with Crippen LogP contribution in [0.25, 0.3) is 0 Å². The van der Waals surface area contributed by atoms with Crippen LogP contribution in [-0.4, -0.2) is 22.1 Å². The van der Waals surface area contributed by atoms with E-state index in [1.807, 2.05) is 13.2 Å². The van der Waals surface area contributed by atoms with Gasteiger partial charge in [-0.15, -0.1) is 0 Å². The normalized spacial score (nSPS) is 14.2. The molecule has 0 radical (unpaired) electrons. The van der Waals surface area contributed by atoms with E-state index in [0.29, 0.717) is 16.4 Å². The van der Waals surface area contributed by atoms with E-state index in [4.69, 9.17) is 0 Å². The second kappa shape index (κ2) is 7.44. The Labute approximate surface area is 151 Å². The smallest absolute Gasteiger partial charge is 0.255 e. The van der Waals surface area contributed by atoms with Gasteiger partial charge in [-0.1, -0.05) is 30.0 Å². The Morgan fingerprint density at radius 2 is 2.12 bits per heavy atom. The Bertz CT molecular complexity index is 860. The fraction of sp³-hybridized carbons (Fsp3) is 0.421. The van der Waals surface area contributed by atoms with Gasteiger partial charge in [0.2, 0.25) is 5.91 Å². The summed E-state index contributed by atoms with van der Waals surface area (Å²) in [6.45, 7) is 3.74. The lowest BCUT2D eigenvalue weighted by Gasteiger charge is -2.16. The van der Waals surface area contributed by atoms with Crippen molar-refractivity contribution in [2.24, 2.45) is 0 Å². The number of hydrogen-bond donors (Lipinski definition) is 2. The van der Waals surface area contributed by atoms with Gasteiger partial charge in [-0.25, -0.2) is 4.98 Å². The predicted octanol–water partition coefficient (Wildman–Crippen LogP) is 2.71. The lowest BCUT2D eigenvalue weighted by molar-refractivity contribution is -0.121. The molecule has 5 nitrogen and oxygen atoms in total. The third-order valence-electron chi connectivity index (χ3n) is 4.73. The van der Waals surface area contributed by atoms with E-state index in [-0.39, 0.29) is 23.9 Å². The zero-order valence-corrected chi connectivity index (χ0v) is 15.6. The molecule has 1 amide bonds. The molecule has 0 unspecified atom stereocenters. The molecule has 1 aromatic heterocycles. The quantitative estimate of drug-likeness (QED) is 0.637. The zero-order chi connectivity index (χ0) is 18.0. The Balaban J connectivity index is 1.69. The predicted molar refractivity (Wildman–Crippen MR) is 100 cm³/mol. The number of aryl methyl sites for hydroxylation is 3. The van der Waals surface area contributed by atoms with E-state index in [1.54, 1.807) is 6.92 Å². The number of nitrogens with zero attached hydrogens (tertiary/aromatic N) is 1. The molecule has 0 aliphatic heterocycles. The Hall–Kier alpha value is -2.08. The van der Waals surface area contributed by atoms with E-state index in [9.17, 15) is 9.59 Å². The molecule has 3 rings (SSSR count). The maximum atomic E-state index is 12.4. The molecule has 1 aliphatic rings. The number of amides is 1. The third kappa shape index (κ3) is 3.95. The topological polar surface area (TPSA) is 74.8 Å². The van der Waals surface area contributed by atoms with Gasteiger partial charge in [0.25, 0.3) is 5.56 Å². The molecular formula is C19H23N3O2S. The lowest BCUT2D eigenvalue weighted by atomic mass is 10.0. The number of aromatic nitrogens is 2. The highest BCUT2D eigenvalue weighted by molar-refractivity contribution is 7.98. The molecule has 2 N–H and O–H groups in total. The number of thioether (sulfide) groups is 1. The highest BCUT2D eigenvalue weighted by Crippen LogP contribution is 2.25. The van der Waals surface area contributed by atoms with Gasteiger partial charge in [0.05, 0.1) is 12.5 Å². The number of carbonyl (C=O) groups excluding carboxylic acids is 1. The molecule has 132 valence electrons. The van der Waals surface area contributed by atoms with Crippen LogP contribution in [0.4, 0.5) is 0 Å². The Morgan fingerprint density at radius 1 is 1.36 bits per heavy atom. The number of benzene rings is 1. The minimum Gasteiger partial charge on any atom is -0.349 e. The van der Waals surface area contributed by atoms with Crippen LogP contribution in [-0.2, 0) is 24.1 Å². The largest absolute Gasteiger partial charge is 0.349 e. The molecule has 1 aromatic carbocycles. The van der Waals surface area contributed by atoms with E-state index < -0.39 is 0 Å². The zero-order valence-electron chi connectivity index (χ0n) is 14.8. The first-order valence-electron chi connectivity index (χ1n) is 8.52. The lowest BCUT2D eigenvalue weighted by Crippen LogP contribution is -2.31. The maximum Gasteiger partial charge on any atom is 0.255 e. The van der Waals surface area contributed by atoms with Gasteiger partial charge in [-0.05, 0) is 56.1 Å². The number of hydrogen-bond acceptors (Lipinski definition) is 4. The van der Waals surface area contributed by atoms with Gasteiger partial charge in [-0.2, -0.15) is 0 Å². The van der Waals surface area contributed by atoms with Crippen molar-refractivity contribution in [3.63, 3.8) is 0 Å². The maximum absolute atomic E-state index is 12.4. The standard InChI is InChI=1S/C19H23N3O2S/c1-11(14-8-7-13-5-4-6-15(13)9-14)20-17(23)10-16-12(2)21-19(25-3)22-18(16)24/h7-9,11H,4-6,10H2,1-3H3,(H,20,23)(H,21,22,24)/t11-/m0/s1. The SMILES string of the molecule is CSc1nc(C)c(CC(=O)N[C@@H](C)c2ccc3c(c2)CCC3)c(=O)[nH]1. The van der Waals surface area contributed by atoms with Gasteiger partial charge in [-0.3, -0.25) is 9.59 Å². The summed E-state index contributed by atoms with van der Waals surface area (Å²) in [7, 11) is 0. The fourth-order valence-electron chi connectivity index (χ4n) is 3.29. The molecule has 0 spiro atoms. The average Bonchev–Trinajstić information content (AvgIpc) is 3.05. The van der Waals surface area contributed by atoms with Crippen LogP contribution >= 0.6 is 11.8 Å². The number of carbonyl (C=O) groups is 1. The second-order valence-corrected chi connectivity index (χ2v) is 7.28. The van der Waals surface area contributed by atoms with Gasteiger partial charge >= 0.3 is 0 Å². The van der Waals surface area contributed by atoms with E-state index in [0.717, 1.165) is 18.4 Å². The van der Waals surface area contributed by atoms with E-state index in [1.165, 1.54) is 29.3 Å². The average molecular weight is 357 g/mol. The van der Waals surface area contributed by atoms with Crippen LogP contribution in [0.5, 0.6) is 0 Å². The summed E-state index contributed by atoms with van der Waals surface area (Å²) in [5.74, 6) is -0.166. The Kier molecular flexibility index (Phi) is 5.27. The van der Waals surface area contributed by atoms with Gasteiger partial charge < -0.3 is 10.3 Å². The van der Waals surface area contributed by atoms with E-state index in [2.05, 4.69) is 33.5 Å². The van der Waals surface area contributed by atoms with Gasteiger partial charge in [0.1, 0.15) is 0 Å². The van der Waals surface area contributed by atoms with Crippen LogP contribution in [0.2, 0.25) is 0 Å². The monoisotopic (exact) mass is 357 g/mol. The molecule has 1 aliphatic carbocycles. The first-order chi connectivity index (χ1) is 12.0. The minimum absolute atomic E-state index is 0.0398. The minimum atomic E-state index is -0.239. The molecule has 1 atom stereocenters. The first-order valence-corrected chi connectivity index (χ1v) is 9.75. The highest BCUT2D eigenvalue weighted by atomic mass is 32.2. The summed E-state index contributed by atoms with van der Waals surface area (Å²) in [5.41, 5.74) is 4.71. The summed E-state index contributed by atoms with van der Waals surface area (Å²) in [6.07, 6.45) is 5.37. The van der Waals surface area contributed by atoms with Crippen LogP contribution in [0.1, 0.15) is 47.3 Å². The molecule has 0 fully saturated rings. The van der Waals surface area contributed by atoms with E-state index >= 15 is 0 Å². The summed E-state index contributed by atoms with van der Waals surface area (Å²) < 4.78 is 0. The van der Waals surface area contributed by atoms with Gasteiger partial charge in [0.15, 0.2) is 5.16 Å². The summed E-state index contributed by atoms with van der Waals surface area (Å²) in [4.78, 5) is 31.6. The summed E-state index contributed by atoms with van der Waals surface area (Å²) in [5, 5.41) is 3.56. The molecule has 6 heteroatoms. The number of rotatable bonds is 5. The molecule has 0 bridgehead atoms. The van der Waals surface area contributed by atoms with Crippen LogP contribution in [0.15, 0.2) is 28.2 Å². The highest BCUT2D eigenvalue weighted by Gasteiger charge is 2.17. The second-order valence-electron chi connectivity index (χ2n) is 6.49.